The van der Waals surface area contributed by atoms with Crippen molar-refractivity contribution in [1.29, 1.82) is 0 Å². The Kier molecular flexibility index (Phi) is 3.27. The van der Waals surface area contributed by atoms with E-state index in [4.69, 9.17) is 4.74 Å². The van der Waals surface area contributed by atoms with Crippen molar-refractivity contribution in [2.24, 2.45) is 0 Å². The first kappa shape index (κ1) is 11.4. The van der Waals surface area contributed by atoms with Crippen LogP contribution in [0.4, 0.5) is 4.79 Å². The van der Waals surface area contributed by atoms with Gasteiger partial charge in [-0.15, -0.1) is 0 Å². The summed E-state index contributed by atoms with van der Waals surface area (Å²) in [7, 11) is 1.30. The average Bonchev–Trinajstić information content (AvgIpc) is 2.72. The van der Waals surface area contributed by atoms with Crippen LogP contribution in [-0.4, -0.2) is 36.7 Å². The Labute approximate surface area is 98.9 Å². The van der Waals surface area contributed by atoms with Crippen molar-refractivity contribution in [1.82, 2.24) is 4.90 Å². The number of carbonyl (C=O) groups is 2. The smallest absolute Gasteiger partial charge is 0.411 e. The largest absolute Gasteiger partial charge is 0.467 e. The van der Waals surface area contributed by atoms with Crippen molar-refractivity contribution in [3.05, 3.63) is 35.9 Å². The van der Waals surface area contributed by atoms with Crippen LogP contribution in [0.5, 0.6) is 0 Å². The lowest BCUT2D eigenvalue weighted by molar-refractivity contribution is -0.145. The third-order valence-electron chi connectivity index (χ3n) is 2.64. The molecule has 90 valence electrons. The molecule has 5 heteroatoms. The predicted octanol–water partition coefficient (Wildman–Crippen LogP) is 1.18. The lowest BCUT2D eigenvalue weighted by atomic mass is 10.2. The number of cyclic esters (lactones) is 1. The molecule has 1 aromatic carbocycles. The molecule has 0 N–H and O–H groups in total. The normalized spacial score (nSPS) is 19.0. The molecule has 1 aliphatic heterocycles. The zero-order valence-electron chi connectivity index (χ0n) is 9.46. The van der Waals surface area contributed by atoms with Gasteiger partial charge in [0.25, 0.3) is 0 Å². The Morgan fingerprint density at radius 2 is 2.18 bits per heavy atom. The molecular formula is C12H13NO4. The number of nitrogens with zero attached hydrogens (tertiary/aromatic N) is 1. The highest BCUT2D eigenvalue weighted by Gasteiger charge is 2.38. The Morgan fingerprint density at radius 3 is 2.82 bits per heavy atom. The number of hydrogen-bond acceptors (Lipinski definition) is 4. The first-order chi connectivity index (χ1) is 8.22. The first-order valence-corrected chi connectivity index (χ1v) is 5.27. The molecule has 1 atom stereocenters. The highest BCUT2D eigenvalue weighted by Crippen LogP contribution is 2.17. The molecule has 0 unspecified atom stereocenters. The van der Waals surface area contributed by atoms with Crippen molar-refractivity contribution >= 4 is 12.1 Å². The minimum Gasteiger partial charge on any atom is -0.467 e. The van der Waals surface area contributed by atoms with Gasteiger partial charge in [0.05, 0.1) is 13.7 Å². The van der Waals surface area contributed by atoms with E-state index < -0.39 is 18.1 Å². The second kappa shape index (κ2) is 4.86. The van der Waals surface area contributed by atoms with Gasteiger partial charge in [0.1, 0.15) is 6.61 Å². The monoisotopic (exact) mass is 235 g/mol. The number of carbonyl (C=O) groups excluding carboxylic acids is 2. The van der Waals surface area contributed by atoms with Gasteiger partial charge in [-0.1, -0.05) is 30.3 Å². The summed E-state index contributed by atoms with van der Waals surface area (Å²) in [6, 6.07) is 8.78. The predicted molar refractivity (Wildman–Crippen MR) is 59.1 cm³/mol. The summed E-state index contributed by atoms with van der Waals surface area (Å²) in [6.07, 6.45) is -0.482. The van der Waals surface area contributed by atoms with Gasteiger partial charge in [-0.05, 0) is 5.56 Å². The number of esters is 1. The molecule has 1 heterocycles. The number of hydrogen-bond donors (Lipinski definition) is 0. The number of benzene rings is 1. The van der Waals surface area contributed by atoms with Gasteiger partial charge in [0.2, 0.25) is 0 Å². The first-order valence-electron chi connectivity index (χ1n) is 5.27. The molecular weight excluding hydrogens is 222 g/mol. The van der Waals surface area contributed by atoms with Gasteiger partial charge < -0.3 is 9.47 Å². The number of amides is 1. The van der Waals surface area contributed by atoms with Crippen LogP contribution >= 0.6 is 0 Å². The second-order valence-electron chi connectivity index (χ2n) is 3.73. The summed E-state index contributed by atoms with van der Waals surface area (Å²) < 4.78 is 9.50. The van der Waals surface area contributed by atoms with Crippen molar-refractivity contribution in [3.63, 3.8) is 0 Å². The van der Waals surface area contributed by atoms with Gasteiger partial charge in [0, 0.05) is 0 Å². The number of rotatable bonds is 3. The molecule has 0 spiro atoms. The van der Waals surface area contributed by atoms with Crippen molar-refractivity contribution in [2.45, 2.75) is 12.6 Å². The van der Waals surface area contributed by atoms with E-state index in [1.165, 1.54) is 12.0 Å². The molecule has 0 saturated carbocycles. The second-order valence-corrected chi connectivity index (χ2v) is 3.73. The van der Waals surface area contributed by atoms with E-state index in [1.807, 2.05) is 30.3 Å². The standard InChI is InChI=1S/C12H13NO4/c1-16-11(14)10-8-17-12(15)13(10)7-9-5-3-2-4-6-9/h2-6,10H,7-8H2,1H3/t10-/m0/s1. The lowest BCUT2D eigenvalue weighted by Crippen LogP contribution is -2.39. The van der Waals surface area contributed by atoms with Gasteiger partial charge in [-0.25, -0.2) is 9.59 Å². The summed E-state index contributed by atoms with van der Waals surface area (Å²) >= 11 is 0. The highest BCUT2D eigenvalue weighted by atomic mass is 16.6. The van der Waals surface area contributed by atoms with Crippen LogP contribution in [0.3, 0.4) is 0 Å². The lowest BCUT2D eigenvalue weighted by Gasteiger charge is -2.19. The van der Waals surface area contributed by atoms with Crippen LogP contribution in [0.25, 0.3) is 0 Å². The summed E-state index contributed by atoms with van der Waals surface area (Å²) in [5.74, 6) is -0.452. The molecule has 1 amide bonds. The van der Waals surface area contributed by atoms with E-state index in [0.29, 0.717) is 6.54 Å². The molecule has 0 bridgehead atoms. The molecule has 0 aliphatic carbocycles. The van der Waals surface area contributed by atoms with Gasteiger partial charge in [-0.3, -0.25) is 4.90 Å². The minimum atomic E-state index is -0.646. The zero-order chi connectivity index (χ0) is 12.3. The minimum absolute atomic E-state index is 0.0539. The maximum atomic E-state index is 11.5. The van der Waals surface area contributed by atoms with Crippen molar-refractivity contribution in [3.8, 4) is 0 Å². The van der Waals surface area contributed by atoms with Gasteiger partial charge >= 0.3 is 12.1 Å². The zero-order valence-corrected chi connectivity index (χ0v) is 9.46. The fourth-order valence-electron chi connectivity index (χ4n) is 1.74. The maximum absolute atomic E-state index is 11.5. The summed E-state index contributed by atoms with van der Waals surface area (Å²) in [5.41, 5.74) is 0.945. The summed E-state index contributed by atoms with van der Waals surface area (Å²) in [6.45, 7) is 0.401. The number of methoxy groups -OCH3 is 1. The van der Waals surface area contributed by atoms with Crippen molar-refractivity contribution < 1.29 is 19.1 Å². The molecule has 2 rings (SSSR count). The molecule has 5 nitrogen and oxygen atoms in total. The summed E-state index contributed by atoms with van der Waals surface area (Å²) in [5, 5.41) is 0. The highest BCUT2D eigenvalue weighted by molar-refractivity contribution is 5.84. The topological polar surface area (TPSA) is 55.8 Å². The van der Waals surface area contributed by atoms with Crippen molar-refractivity contribution in [2.75, 3.05) is 13.7 Å². The van der Waals surface area contributed by atoms with E-state index in [9.17, 15) is 9.59 Å². The molecule has 0 aromatic heterocycles. The molecule has 1 saturated heterocycles. The molecule has 1 aliphatic rings. The Morgan fingerprint density at radius 1 is 1.47 bits per heavy atom. The summed E-state index contributed by atoms with van der Waals surface area (Å²) in [4.78, 5) is 24.3. The van der Waals surface area contributed by atoms with Crippen LogP contribution in [0.1, 0.15) is 5.56 Å². The van der Waals surface area contributed by atoms with E-state index in [2.05, 4.69) is 4.74 Å². The molecule has 1 aromatic rings. The quantitative estimate of drug-likeness (QED) is 0.738. The SMILES string of the molecule is COC(=O)[C@@H]1COC(=O)N1Cc1ccccc1. The Bertz CT molecular complexity index is 418. The van der Waals surface area contributed by atoms with E-state index in [1.54, 1.807) is 0 Å². The fourth-order valence-corrected chi connectivity index (χ4v) is 1.74. The molecule has 0 radical (unpaired) electrons. The van der Waals surface area contributed by atoms with Crippen LogP contribution in [0, 0.1) is 0 Å². The fraction of sp³-hybridized carbons (Fsp3) is 0.333. The maximum Gasteiger partial charge on any atom is 0.411 e. The third kappa shape index (κ3) is 2.38. The average molecular weight is 235 g/mol. The van der Waals surface area contributed by atoms with Crippen LogP contribution < -0.4 is 0 Å². The van der Waals surface area contributed by atoms with Gasteiger partial charge in [0.15, 0.2) is 6.04 Å². The Balaban J connectivity index is 2.12. The Hall–Kier alpha value is -2.04. The van der Waals surface area contributed by atoms with Crippen LogP contribution in [-0.2, 0) is 20.8 Å². The van der Waals surface area contributed by atoms with Gasteiger partial charge in [-0.2, -0.15) is 0 Å². The van der Waals surface area contributed by atoms with E-state index >= 15 is 0 Å². The van der Waals surface area contributed by atoms with Crippen LogP contribution in [0.2, 0.25) is 0 Å². The van der Waals surface area contributed by atoms with E-state index in [0.717, 1.165) is 5.56 Å². The van der Waals surface area contributed by atoms with E-state index in [-0.39, 0.29) is 6.61 Å². The molecule has 1 fully saturated rings. The van der Waals surface area contributed by atoms with Crippen LogP contribution in [0.15, 0.2) is 30.3 Å². The number of ether oxygens (including phenoxy) is 2. The third-order valence-corrected chi connectivity index (χ3v) is 2.64. The molecule has 17 heavy (non-hydrogen) atoms.